The van der Waals surface area contributed by atoms with Gasteiger partial charge in [0.2, 0.25) is 0 Å². The summed E-state index contributed by atoms with van der Waals surface area (Å²) < 4.78 is 13.0. The van der Waals surface area contributed by atoms with Crippen molar-refractivity contribution >= 4 is 0 Å². The van der Waals surface area contributed by atoms with Gasteiger partial charge in [-0.3, -0.25) is 0 Å². The zero-order chi connectivity index (χ0) is 13.4. The average Bonchev–Trinajstić information content (AvgIpc) is 2.38. The molecular weight excluding hydrogens is 229 g/mol. The molecule has 1 unspecified atom stereocenters. The van der Waals surface area contributed by atoms with Crippen molar-refractivity contribution < 1.29 is 9.50 Å². The Kier molecular flexibility index (Phi) is 6.91. The Hall–Kier alpha value is -0.930. The first kappa shape index (κ1) is 15.1. The molecule has 0 radical (unpaired) electrons. The van der Waals surface area contributed by atoms with Gasteiger partial charge in [0.15, 0.2) is 0 Å². The highest BCUT2D eigenvalue weighted by Gasteiger charge is 2.10. The summed E-state index contributed by atoms with van der Waals surface area (Å²) in [4.78, 5) is 2.33. The van der Waals surface area contributed by atoms with Crippen LogP contribution in [0.1, 0.15) is 44.8 Å². The van der Waals surface area contributed by atoms with E-state index in [-0.39, 0.29) is 5.82 Å². The number of benzene rings is 1. The maximum Gasteiger partial charge on any atom is 0.123 e. The standard InChI is InChI=1S/C15H24FNO/c1-3-5-10-17(4-2)11-9-15(18)13-7-6-8-14(16)12-13/h6-8,12,15,18H,3-5,9-11H2,1-2H3. The molecule has 0 saturated heterocycles. The molecule has 0 heterocycles. The lowest BCUT2D eigenvalue weighted by Crippen LogP contribution is -2.26. The SMILES string of the molecule is CCCCN(CC)CCC(O)c1cccc(F)c1. The smallest absolute Gasteiger partial charge is 0.123 e. The normalized spacial score (nSPS) is 12.9. The molecule has 102 valence electrons. The number of aliphatic hydroxyl groups excluding tert-OH is 1. The number of aliphatic hydroxyl groups is 1. The molecule has 3 heteroatoms. The van der Waals surface area contributed by atoms with Gasteiger partial charge in [-0.2, -0.15) is 0 Å². The monoisotopic (exact) mass is 253 g/mol. The summed E-state index contributed by atoms with van der Waals surface area (Å²) in [6, 6.07) is 6.22. The quantitative estimate of drug-likeness (QED) is 0.768. The maximum atomic E-state index is 13.0. The third-order valence-corrected chi connectivity index (χ3v) is 3.23. The Balaban J connectivity index is 2.42. The van der Waals surface area contributed by atoms with E-state index in [1.165, 1.54) is 25.0 Å². The van der Waals surface area contributed by atoms with Crippen LogP contribution in [0.4, 0.5) is 4.39 Å². The number of rotatable bonds is 8. The zero-order valence-corrected chi connectivity index (χ0v) is 11.4. The molecule has 1 rings (SSSR count). The van der Waals surface area contributed by atoms with Crippen molar-refractivity contribution in [1.29, 1.82) is 0 Å². The second-order valence-electron chi connectivity index (χ2n) is 4.65. The molecule has 1 N–H and O–H groups in total. The average molecular weight is 253 g/mol. The first-order valence-corrected chi connectivity index (χ1v) is 6.83. The summed E-state index contributed by atoms with van der Waals surface area (Å²) in [5.41, 5.74) is 0.668. The Bertz CT molecular complexity index is 343. The molecule has 1 aromatic rings. The van der Waals surface area contributed by atoms with Crippen LogP contribution in [0.2, 0.25) is 0 Å². The van der Waals surface area contributed by atoms with E-state index in [2.05, 4.69) is 18.7 Å². The highest BCUT2D eigenvalue weighted by molar-refractivity contribution is 5.18. The van der Waals surface area contributed by atoms with Gasteiger partial charge in [-0.25, -0.2) is 4.39 Å². The molecule has 2 nitrogen and oxygen atoms in total. The van der Waals surface area contributed by atoms with Gasteiger partial charge in [-0.1, -0.05) is 32.4 Å². The van der Waals surface area contributed by atoms with Gasteiger partial charge in [0, 0.05) is 6.54 Å². The largest absolute Gasteiger partial charge is 0.388 e. The molecule has 0 aliphatic rings. The fraction of sp³-hybridized carbons (Fsp3) is 0.600. The molecular formula is C15H24FNO. The fourth-order valence-corrected chi connectivity index (χ4v) is 2.00. The van der Waals surface area contributed by atoms with Crippen molar-refractivity contribution in [2.75, 3.05) is 19.6 Å². The minimum absolute atomic E-state index is 0.287. The zero-order valence-electron chi connectivity index (χ0n) is 11.4. The Morgan fingerprint density at radius 3 is 2.67 bits per heavy atom. The molecule has 0 saturated carbocycles. The molecule has 0 fully saturated rings. The summed E-state index contributed by atoms with van der Waals surface area (Å²) in [5, 5.41) is 10.0. The predicted molar refractivity (Wildman–Crippen MR) is 73.0 cm³/mol. The number of halogens is 1. The van der Waals surface area contributed by atoms with E-state index in [0.29, 0.717) is 12.0 Å². The van der Waals surface area contributed by atoms with Crippen molar-refractivity contribution in [1.82, 2.24) is 4.90 Å². The first-order chi connectivity index (χ1) is 8.67. The van der Waals surface area contributed by atoms with Crippen LogP contribution in [0.5, 0.6) is 0 Å². The van der Waals surface area contributed by atoms with Crippen LogP contribution in [-0.4, -0.2) is 29.6 Å². The molecule has 18 heavy (non-hydrogen) atoms. The molecule has 0 aromatic heterocycles. The van der Waals surface area contributed by atoms with E-state index in [0.717, 1.165) is 19.6 Å². The van der Waals surface area contributed by atoms with Gasteiger partial charge in [-0.15, -0.1) is 0 Å². The first-order valence-electron chi connectivity index (χ1n) is 6.83. The number of nitrogens with zero attached hydrogens (tertiary/aromatic N) is 1. The van der Waals surface area contributed by atoms with Gasteiger partial charge in [0.25, 0.3) is 0 Å². The van der Waals surface area contributed by atoms with Crippen LogP contribution < -0.4 is 0 Å². The van der Waals surface area contributed by atoms with Crippen molar-refractivity contribution in [3.05, 3.63) is 35.6 Å². The van der Waals surface area contributed by atoms with Crippen molar-refractivity contribution in [3.8, 4) is 0 Å². The van der Waals surface area contributed by atoms with Gasteiger partial charge < -0.3 is 10.0 Å². The van der Waals surface area contributed by atoms with Crippen LogP contribution in [0, 0.1) is 5.82 Å². The number of unbranched alkanes of at least 4 members (excludes halogenated alkanes) is 1. The lowest BCUT2D eigenvalue weighted by atomic mass is 10.1. The minimum Gasteiger partial charge on any atom is -0.388 e. The summed E-state index contributed by atoms with van der Waals surface area (Å²) in [7, 11) is 0. The van der Waals surface area contributed by atoms with Crippen LogP contribution in [0.3, 0.4) is 0 Å². The third-order valence-electron chi connectivity index (χ3n) is 3.23. The highest BCUT2D eigenvalue weighted by atomic mass is 19.1. The Morgan fingerprint density at radius 1 is 1.28 bits per heavy atom. The molecule has 0 spiro atoms. The van der Waals surface area contributed by atoms with Gasteiger partial charge in [0.05, 0.1) is 6.10 Å². The molecule has 1 atom stereocenters. The summed E-state index contributed by atoms with van der Waals surface area (Å²) in [6.07, 6.45) is 2.45. The molecule has 0 amide bonds. The molecule has 1 aromatic carbocycles. The second-order valence-corrected chi connectivity index (χ2v) is 4.65. The van der Waals surface area contributed by atoms with E-state index in [1.54, 1.807) is 12.1 Å². The van der Waals surface area contributed by atoms with E-state index in [4.69, 9.17) is 0 Å². The van der Waals surface area contributed by atoms with Crippen LogP contribution in [-0.2, 0) is 0 Å². The van der Waals surface area contributed by atoms with Gasteiger partial charge >= 0.3 is 0 Å². The minimum atomic E-state index is -0.573. The molecule has 0 aliphatic carbocycles. The van der Waals surface area contributed by atoms with Gasteiger partial charge in [0.1, 0.15) is 5.82 Å². The van der Waals surface area contributed by atoms with Gasteiger partial charge in [-0.05, 0) is 43.6 Å². The van der Waals surface area contributed by atoms with E-state index >= 15 is 0 Å². The molecule has 0 aliphatic heterocycles. The Labute approximate surface area is 109 Å². The van der Waals surface area contributed by atoms with E-state index in [9.17, 15) is 9.50 Å². The molecule has 0 bridgehead atoms. The lowest BCUT2D eigenvalue weighted by molar-refractivity contribution is 0.142. The van der Waals surface area contributed by atoms with Crippen LogP contribution >= 0.6 is 0 Å². The summed E-state index contributed by atoms with van der Waals surface area (Å²) in [6.45, 7) is 7.23. The predicted octanol–water partition coefficient (Wildman–Crippen LogP) is 3.37. The summed E-state index contributed by atoms with van der Waals surface area (Å²) >= 11 is 0. The topological polar surface area (TPSA) is 23.5 Å². The van der Waals surface area contributed by atoms with Crippen molar-refractivity contribution in [3.63, 3.8) is 0 Å². The maximum absolute atomic E-state index is 13.0. The number of hydrogen-bond acceptors (Lipinski definition) is 2. The van der Waals surface area contributed by atoms with Crippen LogP contribution in [0.25, 0.3) is 0 Å². The van der Waals surface area contributed by atoms with Crippen LogP contribution in [0.15, 0.2) is 24.3 Å². The Morgan fingerprint density at radius 2 is 2.06 bits per heavy atom. The summed E-state index contributed by atoms with van der Waals surface area (Å²) in [5.74, 6) is -0.287. The fourth-order valence-electron chi connectivity index (χ4n) is 2.00. The second kappa shape index (κ2) is 8.22. The van der Waals surface area contributed by atoms with Crippen molar-refractivity contribution in [2.24, 2.45) is 0 Å². The van der Waals surface area contributed by atoms with E-state index < -0.39 is 6.10 Å². The number of hydrogen-bond donors (Lipinski definition) is 1. The third kappa shape index (κ3) is 5.15. The lowest BCUT2D eigenvalue weighted by Gasteiger charge is -2.21. The van der Waals surface area contributed by atoms with E-state index in [1.807, 2.05) is 0 Å². The van der Waals surface area contributed by atoms with Crippen molar-refractivity contribution in [2.45, 2.75) is 39.2 Å². The highest BCUT2D eigenvalue weighted by Crippen LogP contribution is 2.17.